The number of benzene rings is 1. The summed E-state index contributed by atoms with van der Waals surface area (Å²) in [6.07, 6.45) is 2.50. The average molecular weight is 279 g/mol. The molecule has 0 radical (unpaired) electrons. The zero-order chi connectivity index (χ0) is 13.9. The molecule has 1 N–H and O–H groups in total. The number of carbonyl (C=O) groups excluding carboxylic acids is 1. The van der Waals surface area contributed by atoms with E-state index < -0.39 is 0 Å². The predicted molar refractivity (Wildman–Crippen MR) is 77.5 cm³/mol. The van der Waals surface area contributed by atoms with Crippen LogP contribution in [0.15, 0.2) is 30.3 Å². The summed E-state index contributed by atoms with van der Waals surface area (Å²) >= 11 is 1.63. The van der Waals surface area contributed by atoms with Crippen molar-refractivity contribution >= 4 is 24.9 Å². The molecule has 0 saturated heterocycles. The van der Waals surface area contributed by atoms with Crippen LogP contribution < -0.4 is 5.32 Å². The first-order valence-corrected chi connectivity index (χ1v) is 7.51. The first-order chi connectivity index (χ1) is 9.26. The van der Waals surface area contributed by atoms with E-state index in [1.165, 1.54) is 0 Å². The van der Waals surface area contributed by atoms with Gasteiger partial charge in [0.05, 0.1) is 0 Å². The van der Waals surface area contributed by atoms with Crippen molar-refractivity contribution in [3.05, 3.63) is 35.9 Å². The Kier molecular flexibility index (Phi) is 8.17. The molecule has 4 nitrogen and oxygen atoms in total. The fourth-order valence-corrected chi connectivity index (χ4v) is 2.24. The van der Waals surface area contributed by atoms with Crippen LogP contribution in [-0.4, -0.2) is 37.6 Å². The van der Waals surface area contributed by atoms with Crippen molar-refractivity contribution in [1.82, 2.24) is 5.32 Å². The normalized spacial score (nSPS) is 11.6. The van der Waals surface area contributed by atoms with E-state index in [1.54, 1.807) is 11.8 Å². The van der Waals surface area contributed by atoms with Gasteiger partial charge in [-0.1, -0.05) is 0 Å². The van der Waals surface area contributed by atoms with Gasteiger partial charge in [-0.25, -0.2) is 0 Å². The van der Waals surface area contributed by atoms with E-state index in [-0.39, 0.29) is 24.9 Å². The number of hydrogen-bond donors (Lipinski definition) is 1. The molecule has 0 bridgehead atoms. The minimum atomic E-state index is -0.249. The molecule has 1 aromatic rings. The molecule has 1 unspecified atom stereocenters. The molecular weight excluding hydrogens is 261 g/mol. The third-order valence-corrected chi connectivity index (χ3v) is 3.25. The van der Waals surface area contributed by atoms with Gasteiger partial charge in [-0.15, -0.1) is 0 Å². The third kappa shape index (κ3) is 7.13. The van der Waals surface area contributed by atoms with Gasteiger partial charge in [0.1, 0.15) is 0 Å². The van der Waals surface area contributed by atoms with Gasteiger partial charge in [-0.3, -0.25) is 0 Å². The zero-order valence-electron chi connectivity index (χ0n) is 11.0. The summed E-state index contributed by atoms with van der Waals surface area (Å²) in [6, 6.07) is 9.54. The van der Waals surface area contributed by atoms with Crippen LogP contribution in [-0.2, 0) is 20.8 Å². The monoisotopic (exact) mass is 279 g/mol. The molecular formula is C13H18BNO3S. The number of hydrogen-bond acceptors (Lipinski definition) is 5. The Hall–Kier alpha value is -1.14. The van der Waals surface area contributed by atoms with Gasteiger partial charge < -0.3 is 0 Å². The maximum atomic E-state index is 11.7. The fraction of sp³-hybridized carbons (Fsp3) is 0.462. The Labute approximate surface area is 118 Å². The average Bonchev–Trinajstić information content (AvgIpc) is 2.44. The van der Waals surface area contributed by atoms with Crippen LogP contribution in [0.5, 0.6) is 0 Å². The van der Waals surface area contributed by atoms with Gasteiger partial charge in [0.2, 0.25) is 0 Å². The summed E-state index contributed by atoms with van der Waals surface area (Å²) in [6.45, 7) is 0.291. The van der Waals surface area contributed by atoms with Crippen molar-refractivity contribution in [3.8, 4) is 0 Å². The predicted octanol–water partition coefficient (Wildman–Crippen LogP) is 1.45. The molecule has 0 amide bonds. The number of rotatable bonds is 9. The standard InChI is InChI=1S/C13H18BNO3S/c1-19-9-12(15-10-14-17)7-13(16)18-8-11-5-3-2-4-6-11/h2-6,12,15H,7-10H2,1H3. The van der Waals surface area contributed by atoms with Crippen molar-refractivity contribution in [1.29, 1.82) is 0 Å². The summed E-state index contributed by atoms with van der Waals surface area (Å²) in [5.41, 5.74) is 0.970. The SMILES string of the molecule is CSCC(CC(=O)OCc1ccccc1)NCB=O. The first-order valence-electron chi connectivity index (χ1n) is 6.11. The maximum absolute atomic E-state index is 11.7. The van der Waals surface area contributed by atoms with Gasteiger partial charge in [0.15, 0.2) is 0 Å². The van der Waals surface area contributed by atoms with Crippen molar-refractivity contribution in [2.24, 2.45) is 0 Å². The van der Waals surface area contributed by atoms with Crippen molar-refractivity contribution in [3.63, 3.8) is 0 Å². The van der Waals surface area contributed by atoms with Crippen LogP contribution in [0.25, 0.3) is 0 Å². The molecule has 0 aliphatic rings. The van der Waals surface area contributed by atoms with Crippen molar-refractivity contribution in [2.75, 3.05) is 18.5 Å². The van der Waals surface area contributed by atoms with Crippen LogP contribution in [0.2, 0.25) is 0 Å². The molecule has 0 saturated carbocycles. The minimum absolute atomic E-state index is 0.0246. The number of ether oxygens (including phenoxy) is 1. The van der Waals surface area contributed by atoms with Crippen molar-refractivity contribution < 1.29 is 14.2 Å². The topological polar surface area (TPSA) is 55.4 Å². The zero-order valence-corrected chi connectivity index (χ0v) is 11.8. The van der Waals surface area contributed by atoms with E-state index >= 15 is 0 Å². The molecule has 0 aromatic heterocycles. The second-order valence-electron chi connectivity index (χ2n) is 4.08. The molecule has 1 aromatic carbocycles. The van der Waals surface area contributed by atoms with Crippen molar-refractivity contribution in [2.45, 2.75) is 19.1 Å². The molecule has 0 heterocycles. The van der Waals surface area contributed by atoms with Crippen LogP contribution in [0.3, 0.4) is 0 Å². The van der Waals surface area contributed by atoms with Crippen LogP contribution in [0, 0.1) is 0 Å². The molecule has 0 aliphatic heterocycles. The molecule has 0 fully saturated rings. The van der Waals surface area contributed by atoms with Crippen LogP contribution >= 0.6 is 11.8 Å². The molecule has 19 heavy (non-hydrogen) atoms. The second-order valence-corrected chi connectivity index (χ2v) is 4.99. The van der Waals surface area contributed by atoms with Crippen LogP contribution in [0.4, 0.5) is 0 Å². The number of carbonyl (C=O) groups is 1. The molecule has 1 rings (SSSR count). The summed E-state index contributed by atoms with van der Waals surface area (Å²) in [5.74, 6) is 0.523. The van der Waals surface area contributed by atoms with E-state index in [9.17, 15) is 9.50 Å². The van der Waals surface area contributed by atoms with E-state index in [4.69, 9.17) is 4.74 Å². The Morgan fingerprint density at radius 3 is 2.79 bits per heavy atom. The Morgan fingerprint density at radius 1 is 1.42 bits per heavy atom. The molecule has 0 aliphatic carbocycles. The van der Waals surface area contributed by atoms with E-state index in [2.05, 4.69) is 5.32 Å². The Balaban J connectivity index is 2.33. The Morgan fingerprint density at radius 2 is 2.16 bits per heavy atom. The van der Waals surface area contributed by atoms with Gasteiger partial charge >= 0.3 is 118 Å². The number of esters is 1. The summed E-state index contributed by atoms with van der Waals surface area (Å²) in [4.78, 5) is 11.7. The number of thioether (sulfide) groups is 1. The number of nitrogens with one attached hydrogen (secondary N) is 1. The van der Waals surface area contributed by atoms with Gasteiger partial charge in [0, 0.05) is 0 Å². The van der Waals surface area contributed by atoms with Gasteiger partial charge in [-0.05, 0) is 0 Å². The second kappa shape index (κ2) is 9.75. The molecule has 102 valence electrons. The van der Waals surface area contributed by atoms with E-state index in [0.717, 1.165) is 18.5 Å². The van der Waals surface area contributed by atoms with Gasteiger partial charge in [-0.2, -0.15) is 0 Å². The molecule has 0 spiro atoms. The van der Waals surface area contributed by atoms with Crippen LogP contribution in [0.1, 0.15) is 12.0 Å². The summed E-state index contributed by atoms with van der Waals surface area (Å²) in [7, 11) is 0.794. The quantitative estimate of drug-likeness (QED) is 0.547. The third-order valence-electron chi connectivity index (χ3n) is 2.51. The van der Waals surface area contributed by atoms with E-state index in [1.807, 2.05) is 36.6 Å². The molecule has 6 heteroatoms. The fourth-order valence-electron chi connectivity index (χ4n) is 1.60. The molecule has 1 atom stereocenters. The Bertz CT molecular complexity index is 389. The summed E-state index contributed by atoms with van der Waals surface area (Å²) in [5, 5.41) is 3.01. The first kappa shape index (κ1) is 15.9. The van der Waals surface area contributed by atoms with E-state index in [0.29, 0.717) is 6.61 Å². The van der Waals surface area contributed by atoms with Gasteiger partial charge in [0.25, 0.3) is 0 Å². The summed E-state index contributed by atoms with van der Waals surface area (Å²) < 4.78 is 15.5.